The van der Waals surface area contributed by atoms with Gasteiger partial charge in [0, 0.05) is 36.6 Å². The standard InChI is InChI=1S/C31H53NO9/c1-9-25-20(5)29-31(6,41-29)12-10-23(34)17(2)14-21(11-13-33)28(19(4)24(35)16-26(36)39-25)40-30-27(37)22(32(7)8)15-18(3)38-30/h13,17-22,24-25,27-30,35,37H,9-12,14-16H2,1-8H3/t17-,18-,19+,20-,21+,22+,24+,25-,27-,28-,29-,30+,31+/m1/s1. The number of Topliss-reactive ketones (excluding diaryl/α,β-unsaturated/α-hetero) is 1. The number of esters is 1. The maximum Gasteiger partial charge on any atom is 0.308 e. The number of hydrogen-bond acceptors (Lipinski definition) is 10. The Labute approximate surface area is 245 Å². The SMILES string of the molecule is CC[C@H]1OC(=O)C[C@H](O)[C@H](C)[C@@H](O[C@@H]2O[C@H](C)C[C@H](N(C)C)[C@H]2O)[C@@H](CC=O)C[C@@H](C)C(=O)CC[C@]2(C)O[C@@H]2[C@@H]1C. The highest BCUT2D eigenvalue weighted by Gasteiger charge is 2.56. The second-order valence-corrected chi connectivity index (χ2v) is 13.2. The Bertz CT molecular complexity index is 899. The van der Waals surface area contributed by atoms with Gasteiger partial charge >= 0.3 is 5.97 Å². The van der Waals surface area contributed by atoms with E-state index in [1.54, 1.807) is 6.92 Å². The number of epoxide rings is 1. The highest BCUT2D eigenvalue weighted by Crippen LogP contribution is 2.47. The number of aliphatic hydroxyl groups is 2. The first-order valence-electron chi connectivity index (χ1n) is 15.4. The maximum atomic E-state index is 13.3. The molecule has 236 valence electrons. The molecule has 0 radical (unpaired) electrons. The van der Waals surface area contributed by atoms with E-state index in [4.69, 9.17) is 18.9 Å². The van der Waals surface area contributed by atoms with Crippen molar-refractivity contribution in [3.05, 3.63) is 0 Å². The molecule has 0 aromatic heterocycles. The van der Waals surface area contributed by atoms with Crippen molar-refractivity contribution < 1.29 is 43.5 Å². The van der Waals surface area contributed by atoms with Crippen LogP contribution < -0.4 is 0 Å². The first-order chi connectivity index (χ1) is 19.2. The van der Waals surface area contributed by atoms with Gasteiger partial charge in [-0.1, -0.05) is 27.7 Å². The van der Waals surface area contributed by atoms with Gasteiger partial charge in [0.1, 0.15) is 24.3 Å². The Morgan fingerprint density at radius 2 is 1.78 bits per heavy atom. The molecule has 0 amide bonds. The minimum Gasteiger partial charge on any atom is -0.462 e. The Morgan fingerprint density at radius 3 is 2.39 bits per heavy atom. The molecule has 10 nitrogen and oxygen atoms in total. The summed E-state index contributed by atoms with van der Waals surface area (Å²) in [6, 6.07) is -0.210. The van der Waals surface area contributed by atoms with Crippen LogP contribution >= 0.6 is 0 Å². The van der Waals surface area contributed by atoms with Crippen LogP contribution in [0.2, 0.25) is 0 Å². The topological polar surface area (TPSA) is 135 Å². The van der Waals surface area contributed by atoms with E-state index in [0.717, 1.165) is 6.29 Å². The van der Waals surface area contributed by atoms with Crippen LogP contribution in [0.5, 0.6) is 0 Å². The molecule has 0 saturated carbocycles. The third-order valence-corrected chi connectivity index (χ3v) is 9.70. The number of ketones is 1. The zero-order valence-electron chi connectivity index (χ0n) is 26.2. The number of carbonyl (C=O) groups is 3. The monoisotopic (exact) mass is 583 g/mol. The number of hydrogen-bond donors (Lipinski definition) is 2. The summed E-state index contributed by atoms with van der Waals surface area (Å²) in [5, 5.41) is 22.4. The van der Waals surface area contributed by atoms with Gasteiger partial charge in [0.25, 0.3) is 0 Å². The molecule has 3 fully saturated rings. The molecule has 41 heavy (non-hydrogen) atoms. The van der Waals surface area contributed by atoms with Gasteiger partial charge in [-0.25, -0.2) is 0 Å². The second-order valence-electron chi connectivity index (χ2n) is 13.2. The predicted octanol–water partition coefficient (Wildman–Crippen LogP) is 2.89. The van der Waals surface area contributed by atoms with Crippen molar-refractivity contribution in [1.82, 2.24) is 4.90 Å². The van der Waals surface area contributed by atoms with Crippen LogP contribution in [0.3, 0.4) is 0 Å². The molecule has 13 atom stereocenters. The molecule has 3 aliphatic rings. The van der Waals surface area contributed by atoms with E-state index in [2.05, 4.69) is 0 Å². The molecule has 0 aromatic rings. The average molecular weight is 584 g/mol. The van der Waals surface area contributed by atoms with Gasteiger partial charge in [0.2, 0.25) is 0 Å². The van der Waals surface area contributed by atoms with Gasteiger partial charge in [0.15, 0.2) is 6.29 Å². The van der Waals surface area contributed by atoms with Crippen molar-refractivity contribution in [2.45, 2.75) is 141 Å². The smallest absolute Gasteiger partial charge is 0.308 e. The first-order valence-corrected chi connectivity index (χ1v) is 15.4. The number of aldehydes is 1. The predicted molar refractivity (Wildman–Crippen MR) is 152 cm³/mol. The van der Waals surface area contributed by atoms with Crippen molar-refractivity contribution in [3.63, 3.8) is 0 Å². The minimum absolute atomic E-state index is 0.0615. The van der Waals surface area contributed by atoms with Crippen LogP contribution in [0, 0.1) is 23.7 Å². The molecule has 0 spiro atoms. The number of likely N-dealkylation sites (N-methyl/N-ethyl adjacent to an activating group) is 1. The fourth-order valence-electron chi connectivity index (χ4n) is 6.84. The number of ether oxygens (including phenoxy) is 4. The Balaban J connectivity index is 1.92. The highest BCUT2D eigenvalue weighted by molar-refractivity contribution is 5.80. The van der Waals surface area contributed by atoms with Crippen molar-refractivity contribution in [2.75, 3.05) is 14.1 Å². The third kappa shape index (κ3) is 8.36. The van der Waals surface area contributed by atoms with Crippen molar-refractivity contribution in [1.29, 1.82) is 0 Å². The van der Waals surface area contributed by atoms with Gasteiger partial charge < -0.3 is 38.9 Å². The van der Waals surface area contributed by atoms with Crippen LogP contribution in [0.1, 0.15) is 86.5 Å². The van der Waals surface area contributed by atoms with Crippen LogP contribution in [0.25, 0.3) is 0 Å². The molecule has 3 rings (SSSR count). The van der Waals surface area contributed by atoms with Gasteiger partial charge in [-0.2, -0.15) is 0 Å². The summed E-state index contributed by atoms with van der Waals surface area (Å²) >= 11 is 0. The molecule has 3 aliphatic heterocycles. The zero-order chi connectivity index (χ0) is 30.6. The molecule has 3 saturated heterocycles. The molecule has 10 heteroatoms. The maximum absolute atomic E-state index is 13.3. The van der Waals surface area contributed by atoms with Crippen LogP contribution in [-0.2, 0) is 33.3 Å². The molecular formula is C31H53NO9. The van der Waals surface area contributed by atoms with E-state index in [0.29, 0.717) is 32.1 Å². The summed E-state index contributed by atoms with van der Waals surface area (Å²) in [6.07, 6.45) is -1.46. The lowest BCUT2D eigenvalue weighted by atomic mass is 9.79. The lowest BCUT2D eigenvalue weighted by molar-refractivity contribution is -0.283. The Hall–Kier alpha value is -1.43. The van der Waals surface area contributed by atoms with Crippen molar-refractivity contribution in [2.24, 2.45) is 23.7 Å². The van der Waals surface area contributed by atoms with Gasteiger partial charge in [0.05, 0.1) is 36.4 Å². The number of cyclic esters (lactones) is 1. The average Bonchev–Trinajstić information content (AvgIpc) is 3.60. The van der Waals surface area contributed by atoms with Crippen LogP contribution in [0.4, 0.5) is 0 Å². The lowest BCUT2D eigenvalue weighted by Gasteiger charge is -2.44. The molecule has 0 aliphatic carbocycles. The number of nitrogens with zero attached hydrogens (tertiary/aromatic N) is 1. The first kappa shape index (κ1) is 34.1. The summed E-state index contributed by atoms with van der Waals surface area (Å²) in [5.41, 5.74) is -0.457. The van der Waals surface area contributed by atoms with E-state index in [1.165, 1.54) is 0 Å². The van der Waals surface area contributed by atoms with Crippen LogP contribution in [0.15, 0.2) is 0 Å². The number of aliphatic hydroxyl groups excluding tert-OH is 2. The summed E-state index contributed by atoms with van der Waals surface area (Å²) in [4.78, 5) is 40.1. The molecule has 3 heterocycles. The molecule has 2 N–H and O–H groups in total. The molecule has 0 aromatic carbocycles. The minimum atomic E-state index is -1.14. The van der Waals surface area contributed by atoms with E-state index in [-0.39, 0.29) is 54.8 Å². The largest absolute Gasteiger partial charge is 0.462 e. The van der Waals surface area contributed by atoms with E-state index in [9.17, 15) is 24.6 Å². The van der Waals surface area contributed by atoms with Crippen molar-refractivity contribution >= 4 is 18.0 Å². The van der Waals surface area contributed by atoms with Crippen molar-refractivity contribution in [3.8, 4) is 0 Å². The summed E-state index contributed by atoms with van der Waals surface area (Å²) in [5.74, 6) is -1.93. The Morgan fingerprint density at radius 1 is 1.10 bits per heavy atom. The number of rotatable bonds is 6. The van der Waals surface area contributed by atoms with E-state index >= 15 is 0 Å². The summed E-state index contributed by atoms with van der Waals surface area (Å²) in [6.45, 7) is 11.5. The number of carbonyl (C=O) groups excluding carboxylic acids is 3. The number of fused-ring (bicyclic) bond motifs is 1. The summed E-state index contributed by atoms with van der Waals surface area (Å²) in [7, 11) is 3.77. The fraction of sp³-hybridized carbons (Fsp3) is 0.903. The summed E-state index contributed by atoms with van der Waals surface area (Å²) < 4.78 is 24.4. The Kier molecular flexibility index (Phi) is 11.9. The molecular weight excluding hydrogens is 530 g/mol. The molecule has 0 unspecified atom stereocenters. The lowest BCUT2D eigenvalue weighted by Crippen LogP contribution is -2.56. The molecule has 0 bridgehead atoms. The van der Waals surface area contributed by atoms with E-state index < -0.39 is 48.0 Å². The normalized spacial score (nSPS) is 45.1. The van der Waals surface area contributed by atoms with Gasteiger partial charge in [-0.3, -0.25) is 9.59 Å². The van der Waals surface area contributed by atoms with E-state index in [1.807, 2.05) is 53.6 Å². The fourth-order valence-corrected chi connectivity index (χ4v) is 6.84. The highest BCUT2D eigenvalue weighted by atomic mass is 16.7. The van der Waals surface area contributed by atoms with Crippen LogP contribution in [-0.4, -0.2) is 102 Å². The van der Waals surface area contributed by atoms with Gasteiger partial charge in [-0.15, -0.1) is 0 Å². The zero-order valence-corrected chi connectivity index (χ0v) is 26.2. The second kappa shape index (κ2) is 14.4. The third-order valence-electron chi connectivity index (χ3n) is 9.70. The quantitative estimate of drug-likeness (QED) is 0.273. The van der Waals surface area contributed by atoms with Gasteiger partial charge in [-0.05, 0) is 59.5 Å².